The van der Waals surface area contributed by atoms with Crippen LogP contribution < -0.4 is 0 Å². The topological polar surface area (TPSA) is 135 Å². The second-order valence-corrected chi connectivity index (χ2v) is 12.6. The maximum Gasteiger partial charge on any atom is 0.331 e. The average Bonchev–Trinajstić information content (AvgIpc) is 3.62. The van der Waals surface area contributed by atoms with E-state index in [0.29, 0.717) is 31.4 Å². The Morgan fingerprint density at radius 2 is 1.53 bits per heavy atom. The van der Waals surface area contributed by atoms with Crippen molar-refractivity contribution in [2.24, 2.45) is 35.5 Å². The van der Waals surface area contributed by atoms with Crippen LogP contribution in [0.2, 0.25) is 0 Å². The monoisotopic (exact) mass is 604 g/mol. The van der Waals surface area contributed by atoms with Crippen molar-refractivity contribution in [3.63, 3.8) is 0 Å². The van der Waals surface area contributed by atoms with Gasteiger partial charge in [0.05, 0.1) is 30.0 Å². The SMILES string of the molecule is C=C1[C@H]2[C@@H]([C@@H]([C@@H](C)OC(C)=O)C(=O)[C@H]2OC(=O)[C@@H](C)CC)[C@H]([C@@]2(C)CO2)[C@@H](OC(=O)[C@@H](C)CC)[C@H]1OC(=O)/C=C(\C)CC. The third-order valence-electron chi connectivity index (χ3n) is 9.48. The van der Waals surface area contributed by atoms with Crippen molar-refractivity contribution in [2.75, 3.05) is 6.61 Å². The fourth-order valence-electron chi connectivity index (χ4n) is 6.31. The first-order valence-electron chi connectivity index (χ1n) is 15.4. The molecule has 0 unspecified atom stereocenters. The van der Waals surface area contributed by atoms with Gasteiger partial charge in [0, 0.05) is 24.8 Å². The Hall–Kier alpha value is -3.01. The van der Waals surface area contributed by atoms with Gasteiger partial charge >= 0.3 is 23.9 Å². The number of hydrogen-bond donors (Lipinski definition) is 0. The van der Waals surface area contributed by atoms with E-state index < -0.39 is 95.2 Å². The third-order valence-corrected chi connectivity index (χ3v) is 9.48. The molecule has 1 heterocycles. The van der Waals surface area contributed by atoms with Gasteiger partial charge in [-0.2, -0.15) is 0 Å². The molecule has 0 aromatic carbocycles. The summed E-state index contributed by atoms with van der Waals surface area (Å²) in [5.41, 5.74) is 0.239. The summed E-state index contributed by atoms with van der Waals surface area (Å²) in [5, 5.41) is 0. The Balaban J connectivity index is 2.21. The molecule has 3 rings (SSSR count). The molecule has 10 heteroatoms. The smallest absolute Gasteiger partial charge is 0.331 e. The molecule has 2 aliphatic carbocycles. The number of ketones is 1. The van der Waals surface area contributed by atoms with Crippen molar-refractivity contribution in [1.29, 1.82) is 0 Å². The van der Waals surface area contributed by atoms with E-state index >= 15 is 0 Å². The van der Waals surface area contributed by atoms with Gasteiger partial charge in [-0.3, -0.25) is 19.2 Å². The maximum atomic E-state index is 14.2. The normalized spacial score (nSPS) is 34.0. The van der Waals surface area contributed by atoms with Gasteiger partial charge in [0.25, 0.3) is 0 Å². The quantitative estimate of drug-likeness (QED) is 0.103. The standard InChI is InChI=1S/C33H48O10/c1-11-16(4)14-22(35)41-28-19(7)23-25(26(33(10)15-39-33)30(28)43-32(38)18(6)13-3)24(20(8)40-21(9)34)27(36)29(23)42-31(37)17(5)12-2/h14,17-18,20,23-26,28-30H,7,11-13,15H2,1-6,8-10H3/b16-14+/t17-,18-,20+,23-,24+,25-,26-,28-,29-,30+,33+/m0/s1. The lowest BCUT2D eigenvalue weighted by Crippen LogP contribution is -2.58. The molecular weight excluding hydrogens is 556 g/mol. The maximum absolute atomic E-state index is 14.2. The number of fused-ring (bicyclic) bond motifs is 1. The predicted octanol–water partition coefficient (Wildman–Crippen LogP) is 4.53. The van der Waals surface area contributed by atoms with Crippen LogP contribution in [-0.4, -0.2) is 66.3 Å². The lowest BCUT2D eigenvalue weighted by Gasteiger charge is -2.48. The first-order chi connectivity index (χ1) is 20.1. The molecule has 0 N–H and O–H groups in total. The van der Waals surface area contributed by atoms with Gasteiger partial charge in [0.1, 0.15) is 12.2 Å². The van der Waals surface area contributed by atoms with Crippen molar-refractivity contribution in [1.82, 2.24) is 0 Å². The minimum Gasteiger partial charge on any atom is -0.462 e. The van der Waals surface area contributed by atoms with Crippen LogP contribution in [0.4, 0.5) is 0 Å². The Kier molecular flexibility index (Phi) is 11.0. The molecular formula is C33H48O10. The van der Waals surface area contributed by atoms with Crippen molar-refractivity contribution in [2.45, 2.75) is 112 Å². The molecule has 1 saturated heterocycles. The molecule has 3 aliphatic rings. The number of hydrogen-bond acceptors (Lipinski definition) is 10. The molecule has 11 atom stereocenters. The van der Waals surface area contributed by atoms with Gasteiger partial charge in [-0.15, -0.1) is 0 Å². The fraction of sp³-hybridized carbons (Fsp3) is 0.727. The average molecular weight is 605 g/mol. The first kappa shape index (κ1) is 34.5. The van der Waals surface area contributed by atoms with E-state index in [1.807, 2.05) is 27.7 Å². The number of allylic oxidation sites excluding steroid dienone is 1. The van der Waals surface area contributed by atoms with Crippen LogP contribution in [0, 0.1) is 35.5 Å². The zero-order valence-corrected chi connectivity index (χ0v) is 27.0. The molecule has 10 nitrogen and oxygen atoms in total. The van der Waals surface area contributed by atoms with Crippen LogP contribution >= 0.6 is 0 Å². The van der Waals surface area contributed by atoms with E-state index in [-0.39, 0.29) is 0 Å². The fourth-order valence-corrected chi connectivity index (χ4v) is 6.31. The zero-order chi connectivity index (χ0) is 32.4. The van der Waals surface area contributed by atoms with E-state index in [4.69, 9.17) is 23.7 Å². The van der Waals surface area contributed by atoms with E-state index in [0.717, 1.165) is 5.57 Å². The first-order valence-corrected chi connectivity index (χ1v) is 15.4. The van der Waals surface area contributed by atoms with Crippen molar-refractivity contribution >= 4 is 29.7 Å². The number of rotatable bonds is 12. The summed E-state index contributed by atoms with van der Waals surface area (Å²) in [5.74, 6) is -6.62. The van der Waals surface area contributed by atoms with Crippen LogP contribution in [0.3, 0.4) is 0 Å². The predicted molar refractivity (Wildman–Crippen MR) is 156 cm³/mol. The summed E-state index contributed by atoms with van der Waals surface area (Å²) >= 11 is 0. The highest BCUT2D eigenvalue weighted by Gasteiger charge is 2.70. The minimum absolute atomic E-state index is 0.302. The van der Waals surface area contributed by atoms with E-state index in [2.05, 4.69) is 6.58 Å². The second kappa shape index (κ2) is 13.7. The van der Waals surface area contributed by atoms with Gasteiger partial charge in [-0.05, 0) is 51.5 Å². The summed E-state index contributed by atoms with van der Waals surface area (Å²) < 4.78 is 29.5. The van der Waals surface area contributed by atoms with Crippen LogP contribution in [-0.2, 0) is 47.7 Å². The summed E-state index contributed by atoms with van der Waals surface area (Å²) in [6.07, 6.45) is -1.30. The molecule has 0 radical (unpaired) electrons. The molecule has 0 bridgehead atoms. The molecule has 43 heavy (non-hydrogen) atoms. The van der Waals surface area contributed by atoms with Crippen molar-refractivity contribution in [3.8, 4) is 0 Å². The number of carbonyl (C=O) groups excluding carboxylic acids is 5. The molecule has 0 spiro atoms. The number of ether oxygens (including phenoxy) is 5. The summed E-state index contributed by atoms with van der Waals surface area (Å²) in [7, 11) is 0. The highest BCUT2D eigenvalue weighted by Crippen LogP contribution is 2.59. The minimum atomic E-state index is -1.26. The van der Waals surface area contributed by atoms with Gasteiger partial charge in [0.15, 0.2) is 18.0 Å². The Morgan fingerprint density at radius 3 is 2.02 bits per heavy atom. The molecule has 0 aromatic heterocycles. The molecule has 3 fully saturated rings. The van der Waals surface area contributed by atoms with Crippen LogP contribution in [0.15, 0.2) is 23.8 Å². The number of esters is 4. The van der Waals surface area contributed by atoms with Crippen molar-refractivity contribution < 1.29 is 47.7 Å². The lowest BCUT2D eigenvalue weighted by molar-refractivity contribution is -0.185. The molecule has 0 aromatic rings. The second-order valence-electron chi connectivity index (χ2n) is 12.6. The summed E-state index contributed by atoms with van der Waals surface area (Å²) in [6, 6.07) is 0. The van der Waals surface area contributed by atoms with Gasteiger partial charge in [-0.1, -0.05) is 46.8 Å². The summed E-state index contributed by atoms with van der Waals surface area (Å²) in [4.78, 5) is 65.7. The highest BCUT2D eigenvalue weighted by atomic mass is 16.6. The van der Waals surface area contributed by atoms with Crippen molar-refractivity contribution in [3.05, 3.63) is 23.8 Å². The number of carbonyl (C=O) groups is 5. The van der Waals surface area contributed by atoms with Crippen LogP contribution in [0.5, 0.6) is 0 Å². The number of Topliss-reactive ketones (excluding diaryl/α,β-unsaturated/α-hetero) is 1. The Bertz CT molecular complexity index is 1150. The van der Waals surface area contributed by atoms with Gasteiger partial charge in [-0.25, -0.2) is 4.79 Å². The molecule has 0 amide bonds. The molecule has 240 valence electrons. The molecule has 1 aliphatic heterocycles. The number of epoxide rings is 1. The van der Waals surface area contributed by atoms with E-state index in [1.165, 1.54) is 13.0 Å². The van der Waals surface area contributed by atoms with Gasteiger partial charge in [0.2, 0.25) is 0 Å². The Labute approximate surface area is 254 Å². The zero-order valence-electron chi connectivity index (χ0n) is 27.0. The largest absolute Gasteiger partial charge is 0.462 e. The van der Waals surface area contributed by atoms with E-state index in [1.54, 1.807) is 27.7 Å². The highest BCUT2D eigenvalue weighted by molar-refractivity contribution is 5.92. The Morgan fingerprint density at radius 1 is 0.977 bits per heavy atom. The van der Waals surface area contributed by atoms with Gasteiger partial charge < -0.3 is 23.7 Å². The van der Waals surface area contributed by atoms with Crippen LogP contribution in [0.1, 0.15) is 81.6 Å². The third kappa shape index (κ3) is 7.21. The summed E-state index contributed by atoms with van der Waals surface area (Å²) in [6.45, 7) is 20.2. The lowest BCUT2D eigenvalue weighted by atomic mass is 9.61. The van der Waals surface area contributed by atoms with Crippen LogP contribution in [0.25, 0.3) is 0 Å². The van der Waals surface area contributed by atoms with E-state index in [9.17, 15) is 24.0 Å². The molecule has 2 saturated carbocycles.